The molecule has 3 rings (SSSR count). The Morgan fingerprint density at radius 1 is 1.20 bits per heavy atom. The average Bonchev–Trinajstić information content (AvgIpc) is 3.06. The fraction of sp³-hybridized carbons (Fsp3) is 0.222. The van der Waals surface area contributed by atoms with E-state index in [0.717, 1.165) is 28.1 Å². The number of nitrogens with one attached hydrogen (secondary N) is 2. The van der Waals surface area contributed by atoms with Crippen molar-refractivity contribution in [2.75, 3.05) is 20.0 Å². The maximum Gasteiger partial charge on any atom is 0.230 e. The van der Waals surface area contributed by atoms with Crippen molar-refractivity contribution >= 4 is 28.7 Å². The van der Waals surface area contributed by atoms with E-state index in [2.05, 4.69) is 15.3 Å². The SMILES string of the molecule is COc1ccc2nc(SCC(=O)NCc3ccccc3OC)[nH]c2c1. The summed E-state index contributed by atoms with van der Waals surface area (Å²) in [6.07, 6.45) is 0. The van der Waals surface area contributed by atoms with E-state index < -0.39 is 0 Å². The molecule has 2 N–H and O–H groups in total. The number of benzene rings is 2. The molecule has 0 fully saturated rings. The third-order valence-electron chi connectivity index (χ3n) is 3.68. The standard InChI is InChI=1S/C18H19N3O3S/c1-23-13-7-8-14-15(9-13)21-18(20-14)25-11-17(22)19-10-12-5-3-4-6-16(12)24-2/h3-9H,10-11H2,1-2H3,(H,19,22)(H,20,21). The first-order valence-corrected chi connectivity index (χ1v) is 8.73. The molecule has 130 valence electrons. The van der Waals surface area contributed by atoms with E-state index in [1.807, 2.05) is 42.5 Å². The van der Waals surface area contributed by atoms with Crippen molar-refractivity contribution in [1.29, 1.82) is 0 Å². The largest absolute Gasteiger partial charge is 0.497 e. The summed E-state index contributed by atoms with van der Waals surface area (Å²) in [5, 5.41) is 3.60. The van der Waals surface area contributed by atoms with Crippen molar-refractivity contribution in [2.45, 2.75) is 11.7 Å². The second kappa shape index (κ2) is 7.94. The molecule has 3 aromatic rings. The van der Waals surface area contributed by atoms with Crippen LogP contribution in [-0.2, 0) is 11.3 Å². The lowest BCUT2D eigenvalue weighted by molar-refractivity contribution is -0.118. The van der Waals surface area contributed by atoms with Gasteiger partial charge in [-0.15, -0.1) is 0 Å². The highest BCUT2D eigenvalue weighted by Crippen LogP contribution is 2.23. The van der Waals surface area contributed by atoms with Crippen LogP contribution >= 0.6 is 11.8 Å². The van der Waals surface area contributed by atoms with E-state index in [9.17, 15) is 4.79 Å². The molecule has 2 aromatic carbocycles. The van der Waals surface area contributed by atoms with Crippen LogP contribution in [0.5, 0.6) is 11.5 Å². The molecule has 25 heavy (non-hydrogen) atoms. The predicted molar refractivity (Wildman–Crippen MR) is 98.2 cm³/mol. The zero-order valence-electron chi connectivity index (χ0n) is 14.0. The van der Waals surface area contributed by atoms with Gasteiger partial charge in [-0.25, -0.2) is 4.98 Å². The Balaban J connectivity index is 1.55. The van der Waals surface area contributed by atoms with Crippen LogP contribution in [0.25, 0.3) is 11.0 Å². The molecule has 1 aromatic heterocycles. The van der Waals surface area contributed by atoms with Crippen molar-refractivity contribution in [2.24, 2.45) is 0 Å². The number of H-pyrrole nitrogens is 1. The van der Waals surface area contributed by atoms with Crippen LogP contribution in [0, 0.1) is 0 Å². The minimum atomic E-state index is -0.0612. The molecular weight excluding hydrogens is 338 g/mol. The number of thioether (sulfide) groups is 1. The second-order valence-electron chi connectivity index (χ2n) is 5.30. The lowest BCUT2D eigenvalue weighted by Gasteiger charge is -2.09. The summed E-state index contributed by atoms with van der Waals surface area (Å²) in [5.74, 6) is 1.75. The number of rotatable bonds is 7. The summed E-state index contributed by atoms with van der Waals surface area (Å²) in [7, 11) is 3.24. The number of para-hydroxylation sites is 1. The minimum absolute atomic E-state index is 0.0612. The van der Waals surface area contributed by atoms with Gasteiger partial charge in [0.1, 0.15) is 11.5 Å². The van der Waals surface area contributed by atoms with Gasteiger partial charge in [0.05, 0.1) is 31.0 Å². The number of ether oxygens (including phenoxy) is 2. The molecule has 7 heteroatoms. The van der Waals surface area contributed by atoms with Gasteiger partial charge < -0.3 is 19.8 Å². The van der Waals surface area contributed by atoms with Gasteiger partial charge in [-0.1, -0.05) is 30.0 Å². The molecule has 0 aliphatic rings. The molecule has 0 saturated carbocycles. The lowest BCUT2D eigenvalue weighted by atomic mass is 10.2. The highest BCUT2D eigenvalue weighted by atomic mass is 32.2. The summed E-state index contributed by atoms with van der Waals surface area (Å²) >= 11 is 1.36. The molecule has 0 spiro atoms. The first kappa shape index (κ1) is 17.2. The third kappa shape index (κ3) is 4.24. The van der Waals surface area contributed by atoms with E-state index in [-0.39, 0.29) is 11.7 Å². The van der Waals surface area contributed by atoms with E-state index >= 15 is 0 Å². The van der Waals surface area contributed by atoms with Gasteiger partial charge in [0.2, 0.25) is 5.91 Å². The molecule has 6 nitrogen and oxygen atoms in total. The summed E-state index contributed by atoms with van der Waals surface area (Å²) in [4.78, 5) is 19.7. The van der Waals surface area contributed by atoms with Gasteiger partial charge in [-0.3, -0.25) is 4.79 Å². The van der Waals surface area contributed by atoms with Gasteiger partial charge in [-0.05, 0) is 18.2 Å². The quantitative estimate of drug-likeness (QED) is 0.636. The first-order valence-electron chi connectivity index (χ1n) is 7.74. The second-order valence-corrected chi connectivity index (χ2v) is 6.27. The highest BCUT2D eigenvalue weighted by Gasteiger charge is 2.09. The number of methoxy groups -OCH3 is 2. The maximum absolute atomic E-state index is 12.1. The highest BCUT2D eigenvalue weighted by molar-refractivity contribution is 7.99. The Hall–Kier alpha value is -2.67. The number of aromatic nitrogens is 2. The van der Waals surface area contributed by atoms with Crippen LogP contribution in [0.2, 0.25) is 0 Å². The van der Waals surface area contributed by atoms with Gasteiger partial charge >= 0.3 is 0 Å². The fourth-order valence-corrected chi connectivity index (χ4v) is 3.10. The topological polar surface area (TPSA) is 76.2 Å². The van der Waals surface area contributed by atoms with Crippen molar-refractivity contribution in [3.63, 3.8) is 0 Å². The minimum Gasteiger partial charge on any atom is -0.497 e. The molecule has 1 heterocycles. The van der Waals surface area contributed by atoms with Gasteiger partial charge in [0.25, 0.3) is 0 Å². The number of aromatic amines is 1. The summed E-state index contributed by atoms with van der Waals surface area (Å²) in [5.41, 5.74) is 2.67. The first-order chi connectivity index (χ1) is 12.2. The molecule has 0 atom stereocenters. The number of hydrogen-bond donors (Lipinski definition) is 2. The average molecular weight is 357 g/mol. The van der Waals surface area contributed by atoms with Crippen LogP contribution in [0.4, 0.5) is 0 Å². The van der Waals surface area contributed by atoms with Gasteiger partial charge in [-0.2, -0.15) is 0 Å². The number of nitrogens with zero attached hydrogens (tertiary/aromatic N) is 1. The van der Waals surface area contributed by atoms with Gasteiger partial charge in [0, 0.05) is 18.2 Å². The van der Waals surface area contributed by atoms with Crippen LogP contribution in [0.1, 0.15) is 5.56 Å². The molecule has 0 radical (unpaired) electrons. The van der Waals surface area contributed by atoms with Gasteiger partial charge in [0.15, 0.2) is 5.16 Å². The third-order valence-corrected chi connectivity index (χ3v) is 4.55. The fourth-order valence-electron chi connectivity index (χ4n) is 2.39. The van der Waals surface area contributed by atoms with Crippen molar-refractivity contribution in [3.05, 3.63) is 48.0 Å². The van der Waals surface area contributed by atoms with Crippen molar-refractivity contribution in [1.82, 2.24) is 15.3 Å². The zero-order valence-corrected chi connectivity index (χ0v) is 14.9. The number of imidazole rings is 1. The number of fused-ring (bicyclic) bond motifs is 1. The van der Waals surface area contributed by atoms with Crippen molar-refractivity contribution in [3.8, 4) is 11.5 Å². The van der Waals surface area contributed by atoms with E-state index in [1.165, 1.54) is 11.8 Å². The normalized spacial score (nSPS) is 10.6. The van der Waals surface area contributed by atoms with Crippen molar-refractivity contribution < 1.29 is 14.3 Å². The number of hydrogen-bond acceptors (Lipinski definition) is 5. The zero-order chi connectivity index (χ0) is 17.6. The van der Waals surface area contributed by atoms with Crippen LogP contribution in [0.3, 0.4) is 0 Å². The van der Waals surface area contributed by atoms with E-state index in [1.54, 1.807) is 14.2 Å². The van der Waals surface area contributed by atoms with E-state index in [0.29, 0.717) is 11.7 Å². The Labute approximate surface area is 149 Å². The maximum atomic E-state index is 12.1. The molecule has 1 amide bonds. The van der Waals surface area contributed by atoms with E-state index in [4.69, 9.17) is 9.47 Å². The Morgan fingerprint density at radius 3 is 2.84 bits per heavy atom. The molecule has 0 bridgehead atoms. The Bertz CT molecular complexity index is 879. The molecule has 0 aliphatic carbocycles. The van der Waals surface area contributed by atoms with Crippen LogP contribution < -0.4 is 14.8 Å². The lowest BCUT2D eigenvalue weighted by Crippen LogP contribution is -2.24. The molecular formula is C18H19N3O3S. The molecule has 0 saturated heterocycles. The monoisotopic (exact) mass is 357 g/mol. The molecule has 0 unspecified atom stereocenters. The molecule has 0 aliphatic heterocycles. The number of carbonyl (C=O) groups is 1. The smallest absolute Gasteiger partial charge is 0.230 e. The Morgan fingerprint density at radius 2 is 2.04 bits per heavy atom. The predicted octanol–water partition coefficient (Wildman–Crippen LogP) is 2.99. The number of amides is 1. The van der Waals surface area contributed by atoms with Crippen LogP contribution in [-0.4, -0.2) is 35.8 Å². The van der Waals surface area contributed by atoms with Crippen LogP contribution in [0.15, 0.2) is 47.6 Å². The summed E-state index contributed by atoms with van der Waals surface area (Å²) in [6, 6.07) is 13.2. The summed E-state index contributed by atoms with van der Waals surface area (Å²) in [6.45, 7) is 0.431. The number of carbonyl (C=O) groups excluding carboxylic acids is 1. The Kier molecular flexibility index (Phi) is 5.45. The summed E-state index contributed by atoms with van der Waals surface area (Å²) < 4.78 is 10.5.